The Morgan fingerprint density at radius 2 is 2.14 bits per heavy atom. The fourth-order valence-corrected chi connectivity index (χ4v) is 4.19. The molecule has 29 heavy (non-hydrogen) atoms. The van der Waals surface area contributed by atoms with Crippen molar-refractivity contribution in [2.45, 2.75) is 65.1 Å². The molecule has 6 heteroatoms. The predicted molar refractivity (Wildman–Crippen MR) is 112 cm³/mol. The molecule has 1 N–H and O–H groups in total. The molecule has 1 saturated heterocycles. The number of amides is 1. The SMILES string of the molecule is Cc1cccc(OC(C)(C)C(=O)N2CCC[C@H]2c2ncc3c(n2)CCNC3)c1C. The van der Waals surface area contributed by atoms with Gasteiger partial charge in [-0.25, -0.2) is 9.97 Å². The number of carbonyl (C=O) groups excluding carboxylic acids is 1. The summed E-state index contributed by atoms with van der Waals surface area (Å²) in [5.74, 6) is 1.51. The smallest absolute Gasteiger partial charge is 0.266 e. The van der Waals surface area contributed by atoms with Crippen LogP contribution in [-0.4, -0.2) is 39.5 Å². The molecule has 4 rings (SSSR count). The summed E-state index contributed by atoms with van der Waals surface area (Å²) >= 11 is 0. The van der Waals surface area contributed by atoms with Crippen LogP contribution >= 0.6 is 0 Å². The number of aryl methyl sites for hydroxylation is 1. The Bertz CT molecular complexity index is 925. The number of hydrogen-bond acceptors (Lipinski definition) is 5. The van der Waals surface area contributed by atoms with E-state index < -0.39 is 5.60 Å². The third-order valence-corrected chi connectivity index (χ3v) is 6.07. The van der Waals surface area contributed by atoms with E-state index in [1.165, 1.54) is 0 Å². The average Bonchev–Trinajstić information content (AvgIpc) is 3.20. The van der Waals surface area contributed by atoms with Gasteiger partial charge in [0.05, 0.1) is 6.04 Å². The molecular weight excluding hydrogens is 364 g/mol. The lowest BCUT2D eigenvalue weighted by Crippen LogP contribution is -2.49. The maximum Gasteiger partial charge on any atom is 0.266 e. The third-order valence-electron chi connectivity index (χ3n) is 6.07. The van der Waals surface area contributed by atoms with E-state index in [0.29, 0.717) is 6.54 Å². The molecule has 3 heterocycles. The zero-order valence-electron chi connectivity index (χ0n) is 17.8. The highest BCUT2D eigenvalue weighted by Crippen LogP contribution is 2.34. The van der Waals surface area contributed by atoms with Crippen LogP contribution in [0.25, 0.3) is 0 Å². The van der Waals surface area contributed by atoms with Crippen LogP contribution in [0, 0.1) is 13.8 Å². The summed E-state index contributed by atoms with van der Waals surface area (Å²) in [6.07, 6.45) is 4.68. The van der Waals surface area contributed by atoms with Gasteiger partial charge in [0.2, 0.25) is 0 Å². The van der Waals surface area contributed by atoms with Crippen LogP contribution in [0.15, 0.2) is 24.4 Å². The third kappa shape index (κ3) is 3.86. The fourth-order valence-electron chi connectivity index (χ4n) is 4.19. The van der Waals surface area contributed by atoms with Crippen molar-refractivity contribution in [2.24, 2.45) is 0 Å². The highest BCUT2D eigenvalue weighted by atomic mass is 16.5. The summed E-state index contributed by atoms with van der Waals surface area (Å²) in [7, 11) is 0. The van der Waals surface area contributed by atoms with Gasteiger partial charge in [-0.3, -0.25) is 4.79 Å². The van der Waals surface area contributed by atoms with E-state index in [9.17, 15) is 4.79 Å². The second kappa shape index (κ2) is 7.75. The number of nitrogens with zero attached hydrogens (tertiary/aromatic N) is 3. The Balaban J connectivity index is 1.56. The molecule has 2 aliphatic rings. The van der Waals surface area contributed by atoms with E-state index >= 15 is 0 Å². The van der Waals surface area contributed by atoms with Crippen molar-refractivity contribution in [1.82, 2.24) is 20.2 Å². The van der Waals surface area contributed by atoms with Gasteiger partial charge in [0.25, 0.3) is 5.91 Å². The highest BCUT2D eigenvalue weighted by molar-refractivity contribution is 5.85. The molecule has 1 amide bonds. The second-order valence-corrected chi connectivity index (χ2v) is 8.59. The highest BCUT2D eigenvalue weighted by Gasteiger charge is 2.41. The fraction of sp³-hybridized carbons (Fsp3) is 0.522. The van der Waals surface area contributed by atoms with Gasteiger partial charge in [0.1, 0.15) is 5.75 Å². The Hall–Kier alpha value is -2.47. The number of likely N-dealkylation sites (tertiary alicyclic amines) is 1. The lowest BCUT2D eigenvalue weighted by atomic mass is 10.0. The normalized spacial score (nSPS) is 19.2. The number of aromatic nitrogens is 2. The van der Waals surface area contributed by atoms with Gasteiger partial charge >= 0.3 is 0 Å². The molecule has 1 atom stereocenters. The van der Waals surface area contributed by atoms with Gasteiger partial charge in [-0.05, 0) is 57.7 Å². The van der Waals surface area contributed by atoms with Crippen molar-refractivity contribution in [3.63, 3.8) is 0 Å². The average molecular weight is 395 g/mol. The van der Waals surface area contributed by atoms with E-state index in [2.05, 4.69) is 23.3 Å². The summed E-state index contributed by atoms with van der Waals surface area (Å²) in [6, 6.07) is 5.87. The Labute approximate surface area is 172 Å². The minimum Gasteiger partial charge on any atom is -0.478 e. The molecule has 2 aliphatic heterocycles. The Morgan fingerprint density at radius 1 is 1.31 bits per heavy atom. The van der Waals surface area contributed by atoms with Gasteiger partial charge in [-0.1, -0.05) is 12.1 Å². The number of fused-ring (bicyclic) bond motifs is 1. The molecule has 0 unspecified atom stereocenters. The first-order valence-corrected chi connectivity index (χ1v) is 10.5. The molecule has 0 radical (unpaired) electrons. The lowest BCUT2D eigenvalue weighted by molar-refractivity contribution is -0.146. The molecule has 1 aromatic carbocycles. The quantitative estimate of drug-likeness (QED) is 0.862. The Kier molecular flexibility index (Phi) is 5.30. The van der Waals surface area contributed by atoms with E-state index in [0.717, 1.165) is 66.3 Å². The maximum absolute atomic E-state index is 13.5. The molecule has 0 bridgehead atoms. The number of carbonyl (C=O) groups is 1. The summed E-state index contributed by atoms with van der Waals surface area (Å²) in [4.78, 5) is 24.8. The first-order chi connectivity index (χ1) is 13.9. The monoisotopic (exact) mass is 394 g/mol. The van der Waals surface area contributed by atoms with Crippen LogP contribution in [0.5, 0.6) is 5.75 Å². The van der Waals surface area contributed by atoms with Crippen LogP contribution in [0.1, 0.15) is 60.9 Å². The minimum absolute atomic E-state index is 0.0103. The Morgan fingerprint density at radius 3 is 2.97 bits per heavy atom. The van der Waals surface area contributed by atoms with E-state index in [1.807, 2.05) is 44.0 Å². The van der Waals surface area contributed by atoms with Crippen molar-refractivity contribution in [1.29, 1.82) is 0 Å². The second-order valence-electron chi connectivity index (χ2n) is 8.59. The van der Waals surface area contributed by atoms with Crippen LogP contribution < -0.4 is 10.1 Å². The van der Waals surface area contributed by atoms with Crippen LogP contribution in [0.2, 0.25) is 0 Å². The van der Waals surface area contributed by atoms with E-state index in [1.54, 1.807) is 0 Å². The molecule has 6 nitrogen and oxygen atoms in total. The largest absolute Gasteiger partial charge is 0.478 e. The number of benzene rings is 1. The summed E-state index contributed by atoms with van der Waals surface area (Å²) in [6.45, 7) is 10.3. The molecule has 2 aromatic rings. The number of rotatable bonds is 4. The molecule has 0 saturated carbocycles. The molecule has 0 aliphatic carbocycles. The number of nitrogens with one attached hydrogen (secondary N) is 1. The first-order valence-electron chi connectivity index (χ1n) is 10.5. The molecule has 1 aromatic heterocycles. The van der Waals surface area contributed by atoms with Crippen molar-refractivity contribution in [3.8, 4) is 5.75 Å². The summed E-state index contributed by atoms with van der Waals surface area (Å²) in [5, 5.41) is 3.35. The molecular formula is C23H30N4O2. The standard InChI is InChI=1S/C23H30N4O2/c1-15-7-5-9-20(16(15)2)29-23(3,4)22(28)27-12-6-8-19(27)21-25-14-17-13-24-11-10-18(17)26-21/h5,7,9,14,19,24H,6,8,10-13H2,1-4H3/t19-/m0/s1. The number of hydrogen-bond donors (Lipinski definition) is 1. The van der Waals surface area contributed by atoms with E-state index in [-0.39, 0.29) is 11.9 Å². The van der Waals surface area contributed by atoms with Crippen LogP contribution in [0.4, 0.5) is 0 Å². The predicted octanol–water partition coefficient (Wildman–Crippen LogP) is 3.26. The van der Waals surface area contributed by atoms with Gasteiger partial charge in [0.15, 0.2) is 11.4 Å². The zero-order chi connectivity index (χ0) is 20.6. The van der Waals surface area contributed by atoms with Crippen molar-refractivity contribution < 1.29 is 9.53 Å². The number of ether oxygens (including phenoxy) is 1. The summed E-state index contributed by atoms with van der Waals surface area (Å²) < 4.78 is 6.22. The zero-order valence-corrected chi connectivity index (χ0v) is 17.8. The molecule has 154 valence electrons. The van der Waals surface area contributed by atoms with Crippen molar-refractivity contribution in [2.75, 3.05) is 13.1 Å². The van der Waals surface area contributed by atoms with Gasteiger partial charge < -0.3 is 15.0 Å². The summed E-state index contributed by atoms with van der Waals surface area (Å²) in [5.41, 5.74) is 3.53. The molecule has 1 fully saturated rings. The maximum atomic E-state index is 13.5. The lowest BCUT2D eigenvalue weighted by Gasteiger charge is -2.33. The van der Waals surface area contributed by atoms with Crippen molar-refractivity contribution >= 4 is 5.91 Å². The van der Waals surface area contributed by atoms with E-state index in [4.69, 9.17) is 9.72 Å². The van der Waals surface area contributed by atoms with Gasteiger partial charge in [-0.15, -0.1) is 0 Å². The van der Waals surface area contributed by atoms with Crippen molar-refractivity contribution in [3.05, 3.63) is 52.6 Å². The first kappa shape index (κ1) is 19.8. The van der Waals surface area contributed by atoms with Crippen LogP contribution in [0.3, 0.4) is 0 Å². The van der Waals surface area contributed by atoms with Gasteiger partial charge in [-0.2, -0.15) is 0 Å². The van der Waals surface area contributed by atoms with Crippen LogP contribution in [-0.2, 0) is 17.8 Å². The van der Waals surface area contributed by atoms with Gasteiger partial charge in [0, 0.05) is 43.5 Å². The molecule has 0 spiro atoms. The minimum atomic E-state index is -0.959. The topological polar surface area (TPSA) is 67.3 Å².